The van der Waals surface area contributed by atoms with Crippen LogP contribution >= 0.6 is 11.6 Å². The van der Waals surface area contributed by atoms with Gasteiger partial charge in [-0.25, -0.2) is 18.6 Å². The molecule has 1 N–H and O–H groups in total. The van der Waals surface area contributed by atoms with Crippen LogP contribution in [0.25, 0.3) is 11.1 Å². The summed E-state index contributed by atoms with van der Waals surface area (Å²) in [5, 5.41) is 10.7. The van der Waals surface area contributed by atoms with Crippen molar-refractivity contribution < 1.29 is 28.2 Å². The second-order valence-electron chi connectivity index (χ2n) is 16.6. The van der Waals surface area contributed by atoms with Crippen LogP contribution < -0.4 is 9.64 Å². The molecule has 1 atom stereocenters. The molecule has 1 unspecified atom stereocenters. The van der Waals surface area contributed by atoms with Gasteiger partial charge in [-0.2, -0.15) is 0 Å². The number of rotatable bonds is 11. The van der Waals surface area contributed by atoms with E-state index in [1.165, 1.54) is 37.5 Å². The van der Waals surface area contributed by atoms with Crippen molar-refractivity contribution in [2.75, 3.05) is 37.7 Å². The van der Waals surface area contributed by atoms with Crippen molar-refractivity contribution in [2.24, 2.45) is 10.8 Å². The molecule has 2 aromatic carbocycles. The second kappa shape index (κ2) is 15.0. The fraction of sp³-hybridized carbons (Fsp3) is 0.561. The van der Waals surface area contributed by atoms with Gasteiger partial charge in [0.2, 0.25) is 0 Å². The molecule has 7 nitrogen and oxygen atoms in total. The maximum absolute atomic E-state index is 16.0. The van der Waals surface area contributed by atoms with Crippen molar-refractivity contribution in [1.82, 2.24) is 9.88 Å². The van der Waals surface area contributed by atoms with E-state index in [1.807, 2.05) is 26.8 Å². The molecule has 10 heteroatoms. The molecule has 2 aliphatic heterocycles. The molecule has 3 aromatic rings. The number of carboxylic acids is 1. The third kappa shape index (κ3) is 8.86. The monoisotopic (exact) mass is 723 g/mol. The molecule has 1 aromatic heterocycles. The van der Waals surface area contributed by atoms with Crippen LogP contribution in [0, 0.1) is 22.5 Å². The van der Waals surface area contributed by atoms with Crippen LogP contribution in [-0.4, -0.2) is 59.3 Å². The largest absolute Gasteiger partial charge is 0.490 e. The standard InChI is InChI=1S/C41H52ClF2N3O4/c1-39(2,3)51-36(38(48)49)34-35(47-22-16-40(4,5)17-23-47)33(31(45-37(34)42)26-46-20-18-41(19-21-46)14-6-15-41)28-9-12-32(30(44)25-28)50-24-13-27-7-10-29(43)11-8-27/h7-12,25,36H,6,13-24,26H2,1-5H3,(H,48,49). The minimum atomic E-state index is -1.39. The highest BCUT2D eigenvalue weighted by molar-refractivity contribution is 6.31. The maximum atomic E-state index is 16.0. The number of halogens is 3. The maximum Gasteiger partial charge on any atom is 0.337 e. The number of hydrogen-bond donors (Lipinski definition) is 1. The highest BCUT2D eigenvalue weighted by Crippen LogP contribution is 2.50. The summed E-state index contributed by atoms with van der Waals surface area (Å²) in [5.41, 5.74) is 3.57. The van der Waals surface area contributed by atoms with Gasteiger partial charge in [-0.3, -0.25) is 4.90 Å². The number of nitrogens with zero attached hydrogens (tertiary/aromatic N) is 3. The van der Waals surface area contributed by atoms with Crippen molar-refractivity contribution >= 4 is 23.3 Å². The average molecular weight is 724 g/mol. The lowest BCUT2D eigenvalue weighted by atomic mass is 9.63. The zero-order valence-corrected chi connectivity index (χ0v) is 31.4. The molecular formula is C41H52ClF2N3O4. The SMILES string of the molecule is CC1(C)CCN(c2c(-c3ccc(OCCc4ccc(F)cc4)c(F)c3)c(CN3CCC4(CCC4)CC3)nc(Cl)c2C(OC(C)(C)C)C(=O)O)CC1. The minimum Gasteiger partial charge on any atom is -0.490 e. The van der Waals surface area contributed by atoms with Gasteiger partial charge >= 0.3 is 5.97 Å². The number of likely N-dealkylation sites (tertiary alicyclic amines) is 1. The molecule has 0 amide bonds. The zero-order valence-electron chi connectivity index (χ0n) is 30.7. The average Bonchev–Trinajstić information content (AvgIpc) is 3.04. The highest BCUT2D eigenvalue weighted by atomic mass is 35.5. The van der Waals surface area contributed by atoms with E-state index in [0.29, 0.717) is 59.5 Å². The summed E-state index contributed by atoms with van der Waals surface area (Å²) in [5.74, 6) is -1.91. The third-order valence-corrected chi connectivity index (χ3v) is 11.4. The van der Waals surface area contributed by atoms with E-state index < -0.39 is 23.5 Å². The number of pyridine rings is 1. The lowest BCUT2D eigenvalue weighted by Crippen LogP contribution is -2.43. The summed E-state index contributed by atoms with van der Waals surface area (Å²) in [6.07, 6.45) is 7.05. The first-order valence-electron chi connectivity index (χ1n) is 18.4. The summed E-state index contributed by atoms with van der Waals surface area (Å²) < 4.78 is 41.5. The lowest BCUT2D eigenvalue weighted by Gasteiger charge is -2.48. The van der Waals surface area contributed by atoms with Gasteiger partial charge < -0.3 is 19.5 Å². The van der Waals surface area contributed by atoms with E-state index in [4.69, 9.17) is 26.1 Å². The zero-order chi connectivity index (χ0) is 36.6. The van der Waals surface area contributed by atoms with Gasteiger partial charge in [0.25, 0.3) is 0 Å². The fourth-order valence-electron chi connectivity index (χ4n) is 7.78. The van der Waals surface area contributed by atoms with E-state index in [2.05, 4.69) is 23.6 Å². The van der Waals surface area contributed by atoms with E-state index >= 15 is 4.39 Å². The van der Waals surface area contributed by atoms with E-state index in [9.17, 15) is 14.3 Å². The molecular weight excluding hydrogens is 672 g/mol. The van der Waals surface area contributed by atoms with Crippen LogP contribution in [0.3, 0.4) is 0 Å². The second-order valence-corrected chi connectivity index (χ2v) is 16.9. The summed E-state index contributed by atoms with van der Waals surface area (Å²) >= 11 is 7.09. The van der Waals surface area contributed by atoms with Crippen LogP contribution in [0.5, 0.6) is 5.75 Å². The van der Waals surface area contributed by atoms with Crippen LogP contribution in [0.2, 0.25) is 5.15 Å². The molecule has 1 saturated carbocycles. The molecule has 1 spiro atoms. The fourth-order valence-corrected chi connectivity index (χ4v) is 8.07. The van der Waals surface area contributed by atoms with Crippen LogP contribution in [0.1, 0.15) is 102 Å². The lowest BCUT2D eigenvalue weighted by molar-refractivity contribution is -0.160. The quantitative estimate of drug-likeness (QED) is 0.198. The van der Waals surface area contributed by atoms with Crippen molar-refractivity contribution in [3.8, 4) is 16.9 Å². The Morgan fingerprint density at radius 2 is 1.65 bits per heavy atom. The highest BCUT2D eigenvalue weighted by Gasteiger charge is 2.41. The van der Waals surface area contributed by atoms with Crippen molar-refractivity contribution in [2.45, 2.75) is 104 Å². The van der Waals surface area contributed by atoms with E-state index in [1.54, 1.807) is 18.2 Å². The molecule has 51 heavy (non-hydrogen) atoms. The number of piperidine rings is 2. The number of hydrogen-bond acceptors (Lipinski definition) is 6. The van der Waals surface area contributed by atoms with E-state index in [-0.39, 0.29) is 28.7 Å². The number of carbonyl (C=O) groups is 1. The summed E-state index contributed by atoms with van der Waals surface area (Å²) in [6, 6.07) is 11.1. The molecule has 2 saturated heterocycles. The Kier molecular flexibility index (Phi) is 11.0. The topological polar surface area (TPSA) is 75.1 Å². The molecule has 276 valence electrons. The van der Waals surface area contributed by atoms with Gasteiger partial charge in [0.15, 0.2) is 17.7 Å². The predicted octanol–water partition coefficient (Wildman–Crippen LogP) is 9.63. The van der Waals surface area contributed by atoms with Gasteiger partial charge in [-0.15, -0.1) is 0 Å². The van der Waals surface area contributed by atoms with Crippen LogP contribution in [0.4, 0.5) is 14.5 Å². The number of benzene rings is 2. The Bertz CT molecular complexity index is 1700. The summed E-state index contributed by atoms with van der Waals surface area (Å²) in [6.45, 7) is 13.9. The first-order valence-corrected chi connectivity index (χ1v) is 18.8. The van der Waals surface area contributed by atoms with Crippen molar-refractivity contribution in [3.05, 3.63) is 76.1 Å². The molecule has 3 fully saturated rings. The molecule has 1 aliphatic carbocycles. The minimum absolute atomic E-state index is 0.0962. The normalized spacial score (nSPS) is 19.5. The number of anilines is 1. The van der Waals surface area contributed by atoms with Gasteiger partial charge in [-0.1, -0.05) is 50.1 Å². The number of carboxylic acid groups (broad SMARTS) is 1. The molecule has 3 heterocycles. The molecule has 6 rings (SSSR count). The Morgan fingerprint density at radius 1 is 0.980 bits per heavy atom. The molecule has 3 aliphatic rings. The van der Waals surface area contributed by atoms with Gasteiger partial charge in [0.05, 0.1) is 29.2 Å². The Labute approximate surface area is 306 Å². The number of ether oxygens (including phenoxy) is 2. The third-order valence-electron chi connectivity index (χ3n) is 11.1. The number of aliphatic carboxylic acids is 1. The van der Waals surface area contributed by atoms with Crippen LogP contribution in [0.15, 0.2) is 42.5 Å². The van der Waals surface area contributed by atoms with Crippen molar-refractivity contribution in [1.29, 1.82) is 0 Å². The van der Waals surface area contributed by atoms with E-state index in [0.717, 1.165) is 44.3 Å². The molecule has 0 radical (unpaired) electrons. The Balaban J connectivity index is 1.43. The first-order chi connectivity index (χ1) is 24.1. The van der Waals surface area contributed by atoms with Crippen molar-refractivity contribution in [3.63, 3.8) is 0 Å². The Morgan fingerprint density at radius 3 is 2.22 bits per heavy atom. The smallest absolute Gasteiger partial charge is 0.337 e. The van der Waals surface area contributed by atoms with Gasteiger partial charge in [0.1, 0.15) is 11.0 Å². The predicted molar refractivity (Wildman–Crippen MR) is 197 cm³/mol. The van der Waals surface area contributed by atoms with Gasteiger partial charge in [0, 0.05) is 31.6 Å². The first kappa shape index (κ1) is 37.5. The number of aromatic nitrogens is 1. The Hall–Kier alpha value is -3.27. The molecule has 0 bridgehead atoms. The summed E-state index contributed by atoms with van der Waals surface area (Å²) in [4.78, 5) is 22.6. The van der Waals surface area contributed by atoms with Gasteiger partial charge in [-0.05, 0) is 119 Å². The summed E-state index contributed by atoms with van der Waals surface area (Å²) in [7, 11) is 0. The van der Waals surface area contributed by atoms with Crippen LogP contribution in [-0.2, 0) is 22.5 Å².